The SMILES string of the molecule is CC(=O)C(=O)CCC(=O)C(C)CC1CCC(=O)CCCCC(=O)O1. The quantitative estimate of drug-likeness (QED) is 0.522. The van der Waals surface area contributed by atoms with Gasteiger partial charge in [0.15, 0.2) is 11.6 Å². The van der Waals surface area contributed by atoms with E-state index in [4.69, 9.17) is 4.74 Å². The van der Waals surface area contributed by atoms with Crippen LogP contribution >= 0.6 is 0 Å². The Kier molecular flexibility index (Phi) is 8.50. The van der Waals surface area contributed by atoms with Crippen LogP contribution in [0.4, 0.5) is 0 Å². The van der Waals surface area contributed by atoms with Gasteiger partial charge in [0, 0.05) is 44.9 Å². The number of rotatable bonds is 7. The number of hydrogen-bond acceptors (Lipinski definition) is 6. The molecule has 0 aromatic carbocycles. The van der Waals surface area contributed by atoms with E-state index >= 15 is 0 Å². The average Bonchev–Trinajstić information content (AvgIpc) is 2.53. The van der Waals surface area contributed by atoms with Gasteiger partial charge in [0.25, 0.3) is 0 Å². The Morgan fingerprint density at radius 1 is 1.08 bits per heavy atom. The molecule has 2 atom stereocenters. The van der Waals surface area contributed by atoms with E-state index in [9.17, 15) is 24.0 Å². The molecular formula is C18H26O6. The summed E-state index contributed by atoms with van der Waals surface area (Å²) in [6, 6.07) is 0. The van der Waals surface area contributed by atoms with Gasteiger partial charge in [-0.3, -0.25) is 24.0 Å². The molecule has 0 saturated carbocycles. The first-order chi connectivity index (χ1) is 11.3. The molecule has 1 saturated heterocycles. The van der Waals surface area contributed by atoms with Gasteiger partial charge in [-0.05, 0) is 25.7 Å². The van der Waals surface area contributed by atoms with Crippen molar-refractivity contribution < 1.29 is 28.7 Å². The third-order valence-electron chi connectivity index (χ3n) is 4.29. The third-order valence-corrected chi connectivity index (χ3v) is 4.29. The summed E-state index contributed by atoms with van der Waals surface area (Å²) in [6.45, 7) is 2.90. The van der Waals surface area contributed by atoms with Gasteiger partial charge in [0.1, 0.15) is 17.7 Å². The highest BCUT2D eigenvalue weighted by Crippen LogP contribution is 2.20. The number of cyclic esters (lactones) is 1. The number of carbonyl (C=O) groups is 5. The van der Waals surface area contributed by atoms with E-state index in [1.807, 2.05) is 0 Å². The number of esters is 1. The van der Waals surface area contributed by atoms with E-state index in [0.717, 1.165) is 0 Å². The van der Waals surface area contributed by atoms with Gasteiger partial charge >= 0.3 is 5.97 Å². The molecular weight excluding hydrogens is 312 g/mol. The fourth-order valence-corrected chi connectivity index (χ4v) is 2.69. The van der Waals surface area contributed by atoms with Crippen LogP contribution in [-0.2, 0) is 28.7 Å². The van der Waals surface area contributed by atoms with Crippen molar-refractivity contribution in [2.75, 3.05) is 0 Å². The van der Waals surface area contributed by atoms with E-state index < -0.39 is 17.7 Å². The summed E-state index contributed by atoms with van der Waals surface area (Å²) < 4.78 is 5.40. The molecule has 6 nitrogen and oxygen atoms in total. The van der Waals surface area contributed by atoms with Gasteiger partial charge in [-0.1, -0.05) is 6.92 Å². The van der Waals surface area contributed by atoms with Gasteiger partial charge in [-0.15, -0.1) is 0 Å². The largest absolute Gasteiger partial charge is 0.462 e. The summed E-state index contributed by atoms with van der Waals surface area (Å²) in [6.07, 6.45) is 2.71. The van der Waals surface area contributed by atoms with Crippen molar-refractivity contribution in [3.8, 4) is 0 Å². The minimum atomic E-state index is -0.550. The normalized spacial score (nSPS) is 20.8. The Labute approximate surface area is 142 Å². The van der Waals surface area contributed by atoms with Crippen LogP contribution in [0.2, 0.25) is 0 Å². The van der Waals surface area contributed by atoms with Crippen molar-refractivity contribution in [1.82, 2.24) is 0 Å². The predicted octanol–water partition coefficient (Wildman–Crippen LogP) is 2.36. The maximum atomic E-state index is 12.1. The molecule has 2 unspecified atom stereocenters. The van der Waals surface area contributed by atoms with E-state index in [-0.39, 0.29) is 36.3 Å². The number of ether oxygens (including phenoxy) is 1. The van der Waals surface area contributed by atoms with Crippen LogP contribution in [0, 0.1) is 5.92 Å². The Morgan fingerprint density at radius 3 is 2.42 bits per heavy atom. The standard InChI is InChI=1S/C18H26O6/c1-12(16(21)9-10-17(22)13(2)19)11-15-8-7-14(20)5-3-4-6-18(23)24-15/h12,15H,3-11H2,1-2H3. The van der Waals surface area contributed by atoms with Gasteiger partial charge < -0.3 is 4.74 Å². The van der Waals surface area contributed by atoms with Crippen LogP contribution in [0.25, 0.3) is 0 Å². The molecule has 1 aliphatic rings. The molecule has 1 heterocycles. The van der Waals surface area contributed by atoms with Gasteiger partial charge in [0.05, 0.1) is 0 Å². The first kappa shape index (κ1) is 20.2. The molecule has 1 fully saturated rings. The molecule has 0 radical (unpaired) electrons. The summed E-state index contributed by atoms with van der Waals surface area (Å²) in [5, 5.41) is 0. The average molecular weight is 338 g/mol. The lowest BCUT2D eigenvalue weighted by molar-refractivity contribution is -0.152. The van der Waals surface area contributed by atoms with Crippen LogP contribution < -0.4 is 0 Å². The topological polar surface area (TPSA) is 94.6 Å². The molecule has 0 aromatic rings. The van der Waals surface area contributed by atoms with Crippen molar-refractivity contribution >= 4 is 29.1 Å². The van der Waals surface area contributed by atoms with Crippen LogP contribution in [0.1, 0.15) is 71.6 Å². The van der Waals surface area contributed by atoms with E-state index in [2.05, 4.69) is 0 Å². The molecule has 0 N–H and O–H groups in total. The van der Waals surface area contributed by atoms with Gasteiger partial charge in [0.2, 0.25) is 0 Å². The monoisotopic (exact) mass is 338 g/mol. The Bertz CT molecular complexity index is 508. The second-order valence-electron chi connectivity index (χ2n) is 6.48. The molecule has 0 amide bonds. The molecule has 0 aromatic heterocycles. The summed E-state index contributed by atoms with van der Waals surface area (Å²) in [7, 11) is 0. The van der Waals surface area contributed by atoms with E-state index in [0.29, 0.717) is 44.9 Å². The second-order valence-corrected chi connectivity index (χ2v) is 6.48. The van der Waals surface area contributed by atoms with Crippen LogP contribution in [-0.4, -0.2) is 35.2 Å². The van der Waals surface area contributed by atoms with E-state index in [1.165, 1.54) is 6.92 Å². The number of hydrogen-bond donors (Lipinski definition) is 0. The van der Waals surface area contributed by atoms with Gasteiger partial charge in [-0.2, -0.15) is 0 Å². The molecule has 24 heavy (non-hydrogen) atoms. The zero-order valence-corrected chi connectivity index (χ0v) is 14.5. The molecule has 134 valence electrons. The van der Waals surface area contributed by atoms with Crippen molar-refractivity contribution in [1.29, 1.82) is 0 Å². The zero-order chi connectivity index (χ0) is 18.1. The molecule has 1 rings (SSSR count). The minimum Gasteiger partial charge on any atom is -0.462 e. The number of Topliss-reactive ketones (excluding diaryl/α,β-unsaturated/α-hetero) is 4. The highest BCUT2D eigenvalue weighted by atomic mass is 16.5. The summed E-state index contributed by atoms with van der Waals surface area (Å²) in [5.74, 6) is -1.75. The molecule has 0 bridgehead atoms. The second kappa shape index (κ2) is 10.1. The zero-order valence-electron chi connectivity index (χ0n) is 14.5. The lowest BCUT2D eigenvalue weighted by Gasteiger charge is -2.21. The van der Waals surface area contributed by atoms with Gasteiger partial charge in [-0.25, -0.2) is 0 Å². The summed E-state index contributed by atoms with van der Waals surface area (Å²) in [4.78, 5) is 57.7. The van der Waals surface area contributed by atoms with Crippen molar-refractivity contribution in [2.45, 2.75) is 77.7 Å². The van der Waals surface area contributed by atoms with E-state index in [1.54, 1.807) is 6.92 Å². The Morgan fingerprint density at radius 2 is 1.75 bits per heavy atom. The Hall–Kier alpha value is -1.85. The minimum absolute atomic E-state index is 0.0131. The third kappa shape index (κ3) is 7.62. The lowest BCUT2D eigenvalue weighted by atomic mass is 9.92. The maximum Gasteiger partial charge on any atom is 0.306 e. The molecule has 0 spiro atoms. The van der Waals surface area contributed by atoms with Crippen LogP contribution in [0.5, 0.6) is 0 Å². The summed E-state index contributed by atoms with van der Waals surface area (Å²) in [5.41, 5.74) is 0. The van der Waals surface area contributed by atoms with Crippen molar-refractivity contribution in [2.24, 2.45) is 5.92 Å². The Balaban J connectivity index is 2.53. The molecule has 6 heteroatoms. The highest BCUT2D eigenvalue weighted by Gasteiger charge is 2.24. The fourth-order valence-electron chi connectivity index (χ4n) is 2.69. The van der Waals surface area contributed by atoms with Crippen LogP contribution in [0.3, 0.4) is 0 Å². The first-order valence-corrected chi connectivity index (χ1v) is 8.57. The smallest absolute Gasteiger partial charge is 0.306 e. The molecule has 1 aliphatic heterocycles. The van der Waals surface area contributed by atoms with Crippen molar-refractivity contribution in [3.05, 3.63) is 0 Å². The van der Waals surface area contributed by atoms with Crippen LogP contribution in [0.15, 0.2) is 0 Å². The lowest BCUT2D eigenvalue weighted by Crippen LogP contribution is -2.26. The van der Waals surface area contributed by atoms with Crippen molar-refractivity contribution in [3.63, 3.8) is 0 Å². The number of carbonyl (C=O) groups excluding carboxylic acids is 5. The maximum absolute atomic E-state index is 12.1. The first-order valence-electron chi connectivity index (χ1n) is 8.57. The predicted molar refractivity (Wildman–Crippen MR) is 86.3 cm³/mol. The summed E-state index contributed by atoms with van der Waals surface area (Å²) >= 11 is 0. The highest BCUT2D eigenvalue weighted by molar-refractivity contribution is 6.36. The molecule has 0 aliphatic carbocycles. The fraction of sp³-hybridized carbons (Fsp3) is 0.722. The number of ketones is 4.